The van der Waals surface area contributed by atoms with E-state index in [0.717, 1.165) is 4.90 Å². The van der Waals surface area contributed by atoms with Crippen molar-refractivity contribution in [1.82, 2.24) is 5.32 Å². The molecule has 1 aliphatic heterocycles. The molecule has 154 valence electrons. The van der Waals surface area contributed by atoms with Crippen LogP contribution in [0.4, 0.5) is 10.5 Å². The number of carbonyl (C=O) groups excluding carboxylic acids is 4. The van der Waals surface area contributed by atoms with Crippen molar-refractivity contribution in [3.8, 4) is 11.5 Å². The molecule has 0 radical (unpaired) electrons. The van der Waals surface area contributed by atoms with E-state index >= 15 is 0 Å². The van der Waals surface area contributed by atoms with Crippen LogP contribution in [0.15, 0.2) is 52.5 Å². The van der Waals surface area contributed by atoms with Gasteiger partial charge in [-0.15, -0.1) is 0 Å². The van der Waals surface area contributed by atoms with E-state index in [9.17, 15) is 24.3 Å². The van der Waals surface area contributed by atoms with Crippen LogP contribution < -0.4 is 24.8 Å². The van der Waals surface area contributed by atoms with E-state index < -0.39 is 30.4 Å². The molecule has 3 rings (SSSR count). The van der Waals surface area contributed by atoms with Gasteiger partial charge in [0.2, 0.25) is 0 Å². The summed E-state index contributed by atoms with van der Waals surface area (Å²) in [5.41, 5.74) is 0.161. The van der Waals surface area contributed by atoms with Crippen LogP contribution in [0.1, 0.15) is 5.56 Å². The van der Waals surface area contributed by atoms with Crippen LogP contribution in [0.5, 0.6) is 11.5 Å². The fraction of sp³-hybridized carbons (Fsp3) is 0.100. The van der Waals surface area contributed by atoms with Crippen LogP contribution >= 0.6 is 15.9 Å². The summed E-state index contributed by atoms with van der Waals surface area (Å²) in [7, 11) is 1.48. The van der Waals surface area contributed by atoms with E-state index in [1.165, 1.54) is 37.5 Å². The molecule has 1 saturated heterocycles. The van der Waals surface area contributed by atoms with Crippen molar-refractivity contribution < 1.29 is 33.8 Å². The molecule has 2 aromatic rings. The zero-order chi connectivity index (χ0) is 21.8. The number of carbonyl (C=O) groups is 4. The molecule has 0 bridgehead atoms. The molecule has 1 fully saturated rings. The second kappa shape index (κ2) is 8.78. The van der Waals surface area contributed by atoms with Crippen LogP contribution in [0.3, 0.4) is 0 Å². The van der Waals surface area contributed by atoms with Crippen LogP contribution in [-0.2, 0) is 14.4 Å². The number of carboxylic acid groups (broad SMARTS) is 1. The van der Waals surface area contributed by atoms with E-state index in [1.54, 1.807) is 18.2 Å². The summed E-state index contributed by atoms with van der Waals surface area (Å²) in [5.74, 6) is -2.53. The lowest BCUT2D eigenvalue weighted by Crippen LogP contribution is -2.54. The maximum absolute atomic E-state index is 13.0. The molecule has 1 aliphatic rings. The second-order valence-electron chi connectivity index (χ2n) is 6.00. The third kappa shape index (κ3) is 4.49. The zero-order valence-electron chi connectivity index (χ0n) is 15.5. The van der Waals surface area contributed by atoms with E-state index in [4.69, 9.17) is 9.47 Å². The molecule has 0 unspecified atom stereocenters. The smallest absolute Gasteiger partial charge is 0.335 e. The monoisotopic (exact) mass is 473 g/mol. The molecule has 0 spiro atoms. The maximum Gasteiger partial charge on any atom is 0.335 e. The summed E-state index contributed by atoms with van der Waals surface area (Å²) in [6.07, 6.45) is 1.22. The number of amides is 4. The number of nitrogens with zero attached hydrogens (tertiary/aromatic N) is 1. The third-order valence-electron chi connectivity index (χ3n) is 4.05. The van der Waals surface area contributed by atoms with E-state index in [2.05, 4.69) is 21.2 Å². The first-order valence-corrected chi connectivity index (χ1v) is 9.27. The average molecular weight is 474 g/mol. The van der Waals surface area contributed by atoms with Crippen LogP contribution in [0.2, 0.25) is 0 Å². The molecule has 2 aromatic carbocycles. The molecular formula is C20H14BrN2O7-. The molecule has 4 amide bonds. The highest BCUT2D eigenvalue weighted by atomic mass is 79.9. The molecule has 0 aromatic heterocycles. The first-order valence-electron chi connectivity index (χ1n) is 8.48. The van der Waals surface area contributed by atoms with E-state index in [0.29, 0.717) is 10.2 Å². The lowest BCUT2D eigenvalue weighted by molar-refractivity contribution is -0.307. The van der Waals surface area contributed by atoms with Gasteiger partial charge in [-0.2, -0.15) is 0 Å². The number of barbiturate groups is 1. The van der Waals surface area contributed by atoms with E-state index in [1.807, 2.05) is 0 Å². The number of benzene rings is 2. The van der Waals surface area contributed by atoms with Crippen molar-refractivity contribution in [1.29, 1.82) is 0 Å². The summed E-state index contributed by atoms with van der Waals surface area (Å²) in [6, 6.07) is 9.83. The van der Waals surface area contributed by atoms with Crippen molar-refractivity contribution in [3.05, 3.63) is 58.1 Å². The van der Waals surface area contributed by atoms with Crippen LogP contribution in [0, 0.1) is 0 Å². The number of hydrogen-bond acceptors (Lipinski definition) is 7. The van der Waals surface area contributed by atoms with Crippen LogP contribution in [-0.4, -0.2) is 37.5 Å². The van der Waals surface area contributed by atoms with Crippen molar-refractivity contribution in [2.75, 3.05) is 18.6 Å². The van der Waals surface area contributed by atoms with Gasteiger partial charge in [0, 0.05) is 10.0 Å². The molecule has 10 heteroatoms. The average Bonchev–Trinajstić information content (AvgIpc) is 2.70. The first-order chi connectivity index (χ1) is 14.3. The largest absolute Gasteiger partial charge is 0.546 e. The van der Waals surface area contributed by atoms with Crippen molar-refractivity contribution in [2.24, 2.45) is 0 Å². The number of imide groups is 2. The highest BCUT2D eigenvalue weighted by Gasteiger charge is 2.37. The molecule has 0 aliphatic carbocycles. The first kappa shape index (κ1) is 21.1. The Kier molecular flexibility index (Phi) is 6.17. The Morgan fingerprint density at radius 1 is 1.17 bits per heavy atom. The Morgan fingerprint density at radius 2 is 1.87 bits per heavy atom. The molecular weight excluding hydrogens is 460 g/mol. The SMILES string of the molecule is COc1ccc(N2C(=O)NC(=O)/C(=C\c3cc(Br)ccc3OCC(=O)[O-])C2=O)cc1. The highest BCUT2D eigenvalue weighted by Crippen LogP contribution is 2.28. The number of nitrogens with one attached hydrogen (secondary N) is 1. The molecule has 9 nitrogen and oxygen atoms in total. The van der Waals surface area contributed by atoms with Crippen molar-refractivity contribution >= 4 is 51.5 Å². The third-order valence-corrected chi connectivity index (χ3v) is 4.54. The van der Waals surface area contributed by atoms with Gasteiger partial charge in [0.25, 0.3) is 11.8 Å². The Bertz CT molecular complexity index is 1060. The summed E-state index contributed by atoms with van der Waals surface area (Å²) in [6.45, 7) is -0.714. The summed E-state index contributed by atoms with van der Waals surface area (Å²) in [5, 5.41) is 12.8. The Hall–Kier alpha value is -3.66. The predicted octanol–water partition coefficient (Wildman–Crippen LogP) is 1.25. The fourth-order valence-corrected chi connectivity index (χ4v) is 3.06. The molecule has 1 heterocycles. The number of urea groups is 1. The number of methoxy groups -OCH3 is 1. The number of carboxylic acids is 1. The lowest BCUT2D eigenvalue weighted by atomic mass is 10.1. The fourth-order valence-electron chi connectivity index (χ4n) is 2.68. The van der Waals surface area contributed by atoms with Gasteiger partial charge < -0.3 is 19.4 Å². The van der Waals surface area contributed by atoms with Gasteiger partial charge in [0.1, 0.15) is 23.7 Å². The van der Waals surface area contributed by atoms with Gasteiger partial charge in [-0.25, -0.2) is 9.69 Å². The number of hydrogen-bond donors (Lipinski definition) is 1. The molecule has 30 heavy (non-hydrogen) atoms. The lowest BCUT2D eigenvalue weighted by Gasteiger charge is -2.26. The number of halogens is 1. The zero-order valence-corrected chi connectivity index (χ0v) is 17.1. The van der Waals surface area contributed by atoms with Gasteiger partial charge in [0.15, 0.2) is 0 Å². The topological polar surface area (TPSA) is 125 Å². The second-order valence-corrected chi connectivity index (χ2v) is 6.91. The Morgan fingerprint density at radius 3 is 2.50 bits per heavy atom. The quantitative estimate of drug-likeness (QED) is 0.494. The predicted molar refractivity (Wildman–Crippen MR) is 107 cm³/mol. The molecule has 0 saturated carbocycles. The minimum Gasteiger partial charge on any atom is -0.546 e. The number of rotatable bonds is 6. The van der Waals surface area contributed by atoms with E-state index in [-0.39, 0.29) is 22.6 Å². The van der Waals surface area contributed by atoms with Gasteiger partial charge in [-0.1, -0.05) is 15.9 Å². The summed E-state index contributed by atoms with van der Waals surface area (Å²) < 4.78 is 10.8. The Labute approximate surface area is 179 Å². The van der Waals surface area contributed by atoms with Gasteiger partial charge in [-0.3, -0.25) is 14.9 Å². The molecule has 1 N–H and O–H groups in total. The van der Waals surface area contributed by atoms with Gasteiger partial charge in [0.05, 0.1) is 18.8 Å². The maximum atomic E-state index is 13.0. The minimum absolute atomic E-state index is 0.114. The number of ether oxygens (including phenoxy) is 2. The molecule has 0 atom stereocenters. The van der Waals surface area contributed by atoms with Gasteiger partial charge >= 0.3 is 6.03 Å². The Balaban J connectivity index is 2.00. The summed E-state index contributed by atoms with van der Waals surface area (Å²) >= 11 is 3.27. The van der Waals surface area contributed by atoms with Gasteiger partial charge in [-0.05, 0) is 48.5 Å². The van der Waals surface area contributed by atoms with Crippen molar-refractivity contribution in [2.45, 2.75) is 0 Å². The number of aliphatic carboxylic acids is 1. The van der Waals surface area contributed by atoms with Crippen molar-refractivity contribution in [3.63, 3.8) is 0 Å². The highest BCUT2D eigenvalue weighted by molar-refractivity contribution is 9.10. The minimum atomic E-state index is -1.43. The standard InChI is InChI=1S/C20H15BrN2O7/c1-29-14-5-3-13(4-6-14)23-19(27)15(18(26)22-20(23)28)9-11-8-12(21)2-7-16(11)30-10-17(24)25/h2-9H,10H2,1H3,(H,24,25)(H,22,26,28)/p-1/b15-9+. The number of anilines is 1. The summed E-state index contributed by atoms with van der Waals surface area (Å²) in [4.78, 5) is 49.1. The normalized spacial score (nSPS) is 15.2. The van der Waals surface area contributed by atoms with Crippen LogP contribution in [0.25, 0.3) is 6.08 Å².